The molecule has 2 aromatic heterocycles. The quantitative estimate of drug-likeness (QED) is 0.118. The number of nitrogens with zero attached hydrogens (tertiary/aromatic N) is 2. The molecule has 0 fully saturated rings. The minimum atomic E-state index is -0.00890. The first-order valence-electron chi connectivity index (χ1n) is 17.2. The Bertz CT molecular complexity index is 2260. The van der Waals surface area contributed by atoms with Gasteiger partial charge in [0, 0.05) is 28.1 Å². The predicted molar refractivity (Wildman–Crippen MR) is 205 cm³/mol. The average Bonchev–Trinajstić information content (AvgIpc) is 3.24. The van der Waals surface area contributed by atoms with Crippen molar-refractivity contribution in [2.45, 2.75) is 6.61 Å². The number of aromatic nitrogens is 2. The maximum Gasteiger partial charge on any atom is 0.238 e. The highest BCUT2D eigenvalue weighted by Gasteiger charge is 2.20. The molecule has 3 N–H and O–H groups in total. The van der Waals surface area contributed by atoms with Crippen LogP contribution in [0.3, 0.4) is 0 Å². The number of para-hydroxylation sites is 2. The van der Waals surface area contributed by atoms with Gasteiger partial charge in [-0.25, -0.2) is 9.97 Å². The molecule has 2 aliphatic heterocycles. The molecule has 54 heavy (non-hydrogen) atoms. The number of pyridine rings is 2. The number of methoxy groups -OCH3 is 2. The zero-order valence-corrected chi connectivity index (χ0v) is 29.7. The van der Waals surface area contributed by atoms with Gasteiger partial charge in [0.05, 0.1) is 32.2 Å². The van der Waals surface area contributed by atoms with Crippen LogP contribution in [0.25, 0.3) is 22.5 Å². The standard InChI is InChI=1S/C21H20N2O4.C21H18N2O4/c2*1-25-21-18(22-15-5-2-4-14(12-15)13-24)9-8-17(23-21)16-6-3-7-19-20(16)27-11-10-26-19/h2-9,12,22,24H,10-11,13H2,1H3;2-9,12-13,22H,10-11H2,1H3. The highest BCUT2D eigenvalue weighted by molar-refractivity contribution is 5.79. The summed E-state index contributed by atoms with van der Waals surface area (Å²) < 4.78 is 33.8. The summed E-state index contributed by atoms with van der Waals surface area (Å²) in [5, 5.41) is 15.8. The van der Waals surface area contributed by atoms with Crippen LogP contribution < -0.4 is 39.1 Å². The Balaban J connectivity index is 0.000000167. The van der Waals surface area contributed by atoms with Crippen molar-refractivity contribution in [3.8, 4) is 57.3 Å². The Morgan fingerprint density at radius 3 is 1.65 bits per heavy atom. The van der Waals surface area contributed by atoms with Gasteiger partial charge in [0.1, 0.15) is 44.1 Å². The van der Waals surface area contributed by atoms with Gasteiger partial charge in [0.15, 0.2) is 23.0 Å². The predicted octanol–water partition coefficient (Wildman–Crippen LogP) is 7.85. The van der Waals surface area contributed by atoms with Gasteiger partial charge < -0.3 is 44.2 Å². The van der Waals surface area contributed by atoms with E-state index in [-0.39, 0.29) is 6.61 Å². The topological polar surface area (TPSA) is 143 Å². The van der Waals surface area contributed by atoms with Crippen molar-refractivity contribution >= 4 is 29.0 Å². The number of aldehydes is 1. The Hall–Kier alpha value is -6.79. The summed E-state index contributed by atoms with van der Waals surface area (Å²) in [6.45, 7) is 2.10. The number of rotatable bonds is 10. The van der Waals surface area contributed by atoms with E-state index in [9.17, 15) is 9.90 Å². The van der Waals surface area contributed by atoms with Crippen LogP contribution in [-0.4, -0.2) is 62.0 Å². The normalized spacial score (nSPS) is 12.4. The van der Waals surface area contributed by atoms with E-state index in [0.29, 0.717) is 66.7 Å². The van der Waals surface area contributed by atoms with Crippen LogP contribution in [0.15, 0.2) is 109 Å². The molecule has 0 aliphatic carbocycles. The van der Waals surface area contributed by atoms with Crippen molar-refractivity contribution in [3.05, 3.63) is 120 Å². The van der Waals surface area contributed by atoms with E-state index in [1.807, 2.05) is 97.1 Å². The summed E-state index contributed by atoms with van der Waals surface area (Å²) in [6.07, 6.45) is 0.810. The second-order valence-electron chi connectivity index (χ2n) is 12.0. The smallest absolute Gasteiger partial charge is 0.238 e. The van der Waals surface area contributed by atoms with Crippen LogP contribution in [0.4, 0.5) is 22.7 Å². The molecular formula is C42H38N4O8. The largest absolute Gasteiger partial charge is 0.486 e. The van der Waals surface area contributed by atoms with Gasteiger partial charge >= 0.3 is 0 Å². The van der Waals surface area contributed by atoms with E-state index in [1.54, 1.807) is 26.4 Å². The van der Waals surface area contributed by atoms with Crippen molar-refractivity contribution in [2.24, 2.45) is 0 Å². The van der Waals surface area contributed by atoms with E-state index < -0.39 is 0 Å². The number of hydrogen-bond acceptors (Lipinski definition) is 12. The van der Waals surface area contributed by atoms with E-state index >= 15 is 0 Å². The second-order valence-corrected chi connectivity index (χ2v) is 12.0. The van der Waals surface area contributed by atoms with Crippen molar-refractivity contribution in [3.63, 3.8) is 0 Å². The lowest BCUT2D eigenvalue weighted by Gasteiger charge is -2.21. The third-order valence-electron chi connectivity index (χ3n) is 8.48. The molecule has 0 unspecified atom stereocenters. The first-order valence-corrected chi connectivity index (χ1v) is 17.2. The maximum atomic E-state index is 11.0. The maximum absolute atomic E-state index is 11.0. The minimum Gasteiger partial charge on any atom is -0.486 e. The number of carbonyl (C=O) groups is 1. The molecule has 12 nitrogen and oxygen atoms in total. The van der Waals surface area contributed by atoms with Gasteiger partial charge in [0.25, 0.3) is 0 Å². The molecule has 0 atom stereocenters. The van der Waals surface area contributed by atoms with Gasteiger partial charge in [-0.1, -0.05) is 36.4 Å². The number of aliphatic hydroxyl groups excluding tert-OH is 1. The summed E-state index contributed by atoms with van der Waals surface area (Å²) in [7, 11) is 3.15. The van der Waals surface area contributed by atoms with E-state index in [4.69, 9.17) is 28.4 Å². The molecule has 0 amide bonds. The van der Waals surface area contributed by atoms with Crippen LogP contribution in [0.2, 0.25) is 0 Å². The third-order valence-corrected chi connectivity index (χ3v) is 8.48. The fraction of sp³-hybridized carbons (Fsp3) is 0.167. The van der Waals surface area contributed by atoms with E-state index in [0.717, 1.165) is 57.2 Å². The second kappa shape index (κ2) is 16.7. The molecule has 4 aromatic carbocycles. The summed E-state index contributed by atoms with van der Waals surface area (Å²) in [4.78, 5) is 20.2. The number of carbonyl (C=O) groups excluding carboxylic acids is 1. The van der Waals surface area contributed by atoms with Crippen molar-refractivity contribution in [1.29, 1.82) is 0 Å². The Kier molecular flexibility index (Phi) is 11.0. The summed E-state index contributed by atoms with van der Waals surface area (Å²) >= 11 is 0. The van der Waals surface area contributed by atoms with Gasteiger partial charge in [-0.15, -0.1) is 0 Å². The SMILES string of the molecule is COc1nc(-c2cccc3c2OCCO3)ccc1Nc1cccc(C=O)c1.COc1nc(-c2cccc3c2OCCO3)ccc1Nc1cccc(CO)c1. The first kappa shape index (κ1) is 35.6. The first-order chi connectivity index (χ1) is 26.6. The summed E-state index contributed by atoms with van der Waals surface area (Å²) in [5.74, 6) is 3.75. The lowest BCUT2D eigenvalue weighted by atomic mass is 10.1. The van der Waals surface area contributed by atoms with Crippen LogP contribution >= 0.6 is 0 Å². The number of nitrogens with one attached hydrogen (secondary N) is 2. The van der Waals surface area contributed by atoms with Crippen LogP contribution in [-0.2, 0) is 6.61 Å². The van der Waals surface area contributed by atoms with Crippen molar-refractivity contribution < 1.29 is 38.3 Å². The average molecular weight is 727 g/mol. The van der Waals surface area contributed by atoms with Gasteiger partial charge in [-0.2, -0.15) is 0 Å². The summed E-state index contributed by atoms with van der Waals surface area (Å²) in [5.41, 5.74) is 7.66. The van der Waals surface area contributed by atoms with Crippen molar-refractivity contribution in [2.75, 3.05) is 51.3 Å². The third kappa shape index (κ3) is 7.98. The number of ether oxygens (including phenoxy) is 6. The Morgan fingerprint density at radius 2 is 1.13 bits per heavy atom. The molecule has 0 saturated carbocycles. The number of fused-ring (bicyclic) bond motifs is 2. The molecule has 12 heteroatoms. The molecule has 274 valence electrons. The zero-order chi connectivity index (χ0) is 37.3. The molecule has 0 spiro atoms. The molecule has 0 bridgehead atoms. The zero-order valence-electron chi connectivity index (χ0n) is 29.7. The Morgan fingerprint density at radius 1 is 0.630 bits per heavy atom. The number of benzene rings is 4. The molecule has 0 radical (unpaired) electrons. The minimum absolute atomic E-state index is 0.00890. The molecule has 2 aliphatic rings. The fourth-order valence-electron chi connectivity index (χ4n) is 5.98. The van der Waals surface area contributed by atoms with Gasteiger partial charge in [-0.3, -0.25) is 4.79 Å². The molecule has 6 aromatic rings. The van der Waals surface area contributed by atoms with Crippen LogP contribution in [0.1, 0.15) is 15.9 Å². The van der Waals surface area contributed by atoms with Gasteiger partial charge in [-0.05, 0) is 78.4 Å². The number of hydrogen-bond donors (Lipinski definition) is 3. The molecule has 8 rings (SSSR count). The van der Waals surface area contributed by atoms with Gasteiger partial charge in [0.2, 0.25) is 11.8 Å². The monoisotopic (exact) mass is 726 g/mol. The fourth-order valence-corrected chi connectivity index (χ4v) is 5.98. The molecule has 0 saturated heterocycles. The Labute approximate surface area is 312 Å². The lowest BCUT2D eigenvalue weighted by molar-refractivity contribution is 0.112. The number of anilines is 4. The summed E-state index contributed by atoms with van der Waals surface area (Å²) in [6, 6.07) is 33.8. The van der Waals surface area contributed by atoms with Crippen LogP contribution in [0.5, 0.6) is 34.8 Å². The van der Waals surface area contributed by atoms with Crippen molar-refractivity contribution in [1.82, 2.24) is 9.97 Å². The van der Waals surface area contributed by atoms with Crippen LogP contribution in [0, 0.1) is 0 Å². The van der Waals surface area contributed by atoms with E-state index in [1.165, 1.54) is 0 Å². The highest BCUT2D eigenvalue weighted by atomic mass is 16.6. The molecular weight excluding hydrogens is 688 g/mol. The highest BCUT2D eigenvalue weighted by Crippen LogP contribution is 2.42. The molecule has 4 heterocycles. The van der Waals surface area contributed by atoms with E-state index in [2.05, 4.69) is 20.6 Å². The lowest BCUT2D eigenvalue weighted by Crippen LogP contribution is -2.16. The number of aliphatic hydroxyl groups is 1.